The lowest BCUT2D eigenvalue weighted by Crippen LogP contribution is -2.40. The first kappa shape index (κ1) is 18.1. The van der Waals surface area contributed by atoms with E-state index in [2.05, 4.69) is 32.2 Å². The smallest absolute Gasteiger partial charge is 0.135 e. The van der Waals surface area contributed by atoms with Gasteiger partial charge in [0.1, 0.15) is 11.3 Å². The highest BCUT2D eigenvalue weighted by atomic mass is 16.5. The van der Waals surface area contributed by atoms with Crippen molar-refractivity contribution in [1.29, 1.82) is 0 Å². The molecular formula is C21H25N7O. The van der Waals surface area contributed by atoms with Crippen molar-refractivity contribution < 1.29 is 4.74 Å². The van der Waals surface area contributed by atoms with Gasteiger partial charge in [-0.1, -0.05) is 6.07 Å². The standard InChI is InChI=1S/C21H25N7O/c1-29-15-3-2-8-27(12-15)9-10-28-13-17-20(26-28)16-5-4-14(18-6-7-23-25-18)11-19(16)24-21(17)22/h4-7,11,13,15H,2-3,8-10,12H2,1H3,(H2,22,24)(H,23,25). The van der Waals surface area contributed by atoms with Gasteiger partial charge < -0.3 is 10.5 Å². The molecule has 3 N–H and O–H groups in total. The van der Waals surface area contributed by atoms with Gasteiger partial charge >= 0.3 is 0 Å². The topological polar surface area (TPSA) is 97.9 Å². The maximum Gasteiger partial charge on any atom is 0.135 e. The molecule has 150 valence electrons. The monoisotopic (exact) mass is 391 g/mol. The van der Waals surface area contributed by atoms with Gasteiger partial charge in [-0.25, -0.2) is 4.98 Å². The second-order valence-corrected chi connectivity index (χ2v) is 7.65. The van der Waals surface area contributed by atoms with Gasteiger partial charge in [0.2, 0.25) is 0 Å². The summed E-state index contributed by atoms with van der Waals surface area (Å²) in [6.07, 6.45) is 6.42. The van der Waals surface area contributed by atoms with Crippen LogP contribution in [0.25, 0.3) is 33.1 Å². The van der Waals surface area contributed by atoms with E-state index in [1.165, 1.54) is 6.42 Å². The summed E-state index contributed by atoms with van der Waals surface area (Å²) in [4.78, 5) is 7.07. The minimum absolute atomic E-state index is 0.341. The van der Waals surface area contributed by atoms with Crippen molar-refractivity contribution in [1.82, 2.24) is 29.9 Å². The summed E-state index contributed by atoms with van der Waals surface area (Å²) in [7, 11) is 1.80. The Hall–Kier alpha value is -2.97. The third-order valence-electron chi connectivity index (χ3n) is 5.78. The lowest BCUT2D eigenvalue weighted by atomic mass is 10.1. The van der Waals surface area contributed by atoms with Crippen LogP contribution in [-0.2, 0) is 11.3 Å². The second-order valence-electron chi connectivity index (χ2n) is 7.65. The van der Waals surface area contributed by atoms with Crippen molar-refractivity contribution in [3.8, 4) is 11.3 Å². The van der Waals surface area contributed by atoms with E-state index in [1.807, 2.05) is 23.0 Å². The molecule has 1 aliphatic rings. The predicted octanol–water partition coefficient (Wildman–Crippen LogP) is 2.67. The van der Waals surface area contributed by atoms with E-state index in [-0.39, 0.29) is 0 Å². The van der Waals surface area contributed by atoms with Gasteiger partial charge in [0.05, 0.1) is 29.2 Å². The van der Waals surface area contributed by atoms with Crippen molar-refractivity contribution in [3.63, 3.8) is 0 Å². The fourth-order valence-corrected chi connectivity index (χ4v) is 4.17. The van der Waals surface area contributed by atoms with Crippen molar-refractivity contribution in [2.75, 3.05) is 32.5 Å². The number of ether oxygens (including phenoxy) is 1. The lowest BCUT2D eigenvalue weighted by Gasteiger charge is -2.31. The highest BCUT2D eigenvalue weighted by Crippen LogP contribution is 2.29. The molecule has 4 aromatic rings. The molecule has 3 aromatic heterocycles. The number of methoxy groups -OCH3 is 1. The molecule has 0 aliphatic carbocycles. The van der Waals surface area contributed by atoms with Crippen LogP contribution in [-0.4, -0.2) is 62.7 Å². The van der Waals surface area contributed by atoms with Crippen molar-refractivity contribution in [2.45, 2.75) is 25.5 Å². The number of anilines is 1. The molecule has 1 saturated heterocycles. The summed E-state index contributed by atoms with van der Waals surface area (Å²) >= 11 is 0. The molecule has 1 fully saturated rings. The van der Waals surface area contributed by atoms with Crippen molar-refractivity contribution >= 4 is 27.6 Å². The van der Waals surface area contributed by atoms with E-state index in [0.717, 1.165) is 65.7 Å². The molecule has 1 atom stereocenters. The number of nitrogens with one attached hydrogen (secondary N) is 1. The molecule has 8 heteroatoms. The Morgan fingerprint density at radius 1 is 1.24 bits per heavy atom. The van der Waals surface area contributed by atoms with Gasteiger partial charge in [0, 0.05) is 43.5 Å². The third kappa shape index (κ3) is 3.45. The molecule has 4 heterocycles. The molecule has 1 aliphatic heterocycles. The van der Waals surface area contributed by atoms with Crippen LogP contribution in [0.1, 0.15) is 12.8 Å². The van der Waals surface area contributed by atoms with E-state index < -0.39 is 0 Å². The number of nitrogens with zero attached hydrogens (tertiary/aromatic N) is 5. The molecule has 0 radical (unpaired) electrons. The Balaban J connectivity index is 1.43. The van der Waals surface area contributed by atoms with Gasteiger partial charge in [-0.3, -0.25) is 14.7 Å². The minimum atomic E-state index is 0.341. The van der Waals surface area contributed by atoms with Crippen LogP contribution in [0.15, 0.2) is 36.7 Å². The number of pyridine rings is 1. The van der Waals surface area contributed by atoms with Crippen LogP contribution in [0.2, 0.25) is 0 Å². The second kappa shape index (κ2) is 7.46. The van der Waals surface area contributed by atoms with Crippen LogP contribution in [0.5, 0.6) is 0 Å². The first-order valence-electron chi connectivity index (χ1n) is 10.0. The first-order chi connectivity index (χ1) is 14.2. The Morgan fingerprint density at radius 3 is 3.00 bits per heavy atom. The minimum Gasteiger partial charge on any atom is -0.383 e. The normalized spacial score (nSPS) is 18.0. The molecule has 0 bridgehead atoms. The van der Waals surface area contributed by atoms with Gasteiger partial charge in [-0.2, -0.15) is 10.2 Å². The summed E-state index contributed by atoms with van der Waals surface area (Å²) < 4.78 is 7.51. The summed E-state index contributed by atoms with van der Waals surface area (Å²) in [6, 6.07) is 8.08. The quantitative estimate of drug-likeness (QED) is 0.543. The van der Waals surface area contributed by atoms with Crippen LogP contribution in [0, 0.1) is 0 Å². The molecule has 29 heavy (non-hydrogen) atoms. The summed E-state index contributed by atoms with van der Waals surface area (Å²) in [5.74, 6) is 0.512. The molecule has 0 amide bonds. The van der Waals surface area contributed by atoms with E-state index >= 15 is 0 Å². The van der Waals surface area contributed by atoms with Gasteiger partial charge in [0.25, 0.3) is 0 Å². The Morgan fingerprint density at radius 2 is 2.17 bits per heavy atom. The summed E-state index contributed by atoms with van der Waals surface area (Å²) in [6.45, 7) is 3.87. The molecule has 5 rings (SSSR count). The van der Waals surface area contributed by atoms with Gasteiger partial charge in [-0.15, -0.1) is 0 Å². The average molecular weight is 391 g/mol. The largest absolute Gasteiger partial charge is 0.383 e. The number of rotatable bonds is 5. The number of benzene rings is 1. The number of piperidine rings is 1. The SMILES string of the molecule is COC1CCCN(CCn2cc3c(N)nc4cc(-c5ccn[nH]5)ccc4c3n2)C1. The van der Waals surface area contributed by atoms with Crippen LogP contribution < -0.4 is 5.73 Å². The first-order valence-corrected chi connectivity index (χ1v) is 10.0. The fourth-order valence-electron chi connectivity index (χ4n) is 4.17. The molecule has 0 spiro atoms. The van der Waals surface area contributed by atoms with Crippen LogP contribution in [0.4, 0.5) is 5.82 Å². The Bertz CT molecular complexity index is 1140. The molecule has 0 saturated carbocycles. The van der Waals surface area contributed by atoms with Gasteiger partial charge in [-0.05, 0) is 37.6 Å². The number of H-pyrrole nitrogens is 1. The van der Waals surface area contributed by atoms with E-state index in [0.29, 0.717) is 11.9 Å². The van der Waals surface area contributed by atoms with Crippen molar-refractivity contribution in [2.24, 2.45) is 0 Å². The van der Waals surface area contributed by atoms with Crippen molar-refractivity contribution in [3.05, 3.63) is 36.7 Å². The maximum atomic E-state index is 6.27. The fraction of sp³-hybridized carbons (Fsp3) is 0.381. The Kier molecular flexibility index (Phi) is 4.65. The lowest BCUT2D eigenvalue weighted by molar-refractivity contribution is 0.0300. The number of fused-ring (bicyclic) bond motifs is 3. The Labute approximate surface area is 168 Å². The predicted molar refractivity (Wildman–Crippen MR) is 113 cm³/mol. The zero-order chi connectivity index (χ0) is 19.8. The van der Waals surface area contributed by atoms with Crippen LogP contribution in [0.3, 0.4) is 0 Å². The van der Waals surface area contributed by atoms with E-state index in [1.54, 1.807) is 13.3 Å². The van der Waals surface area contributed by atoms with Crippen LogP contribution >= 0.6 is 0 Å². The maximum absolute atomic E-state index is 6.27. The number of aromatic nitrogens is 5. The molecule has 8 nitrogen and oxygen atoms in total. The summed E-state index contributed by atoms with van der Waals surface area (Å²) in [5.41, 5.74) is 9.99. The van der Waals surface area contributed by atoms with E-state index in [9.17, 15) is 0 Å². The number of nitrogens with two attached hydrogens (primary N) is 1. The highest BCUT2D eigenvalue weighted by Gasteiger charge is 2.19. The number of nitrogen functional groups attached to an aromatic ring is 1. The number of hydrogen-bond acceptors (Lipinski definition) is 6. The molecular weight excluding hydrogens is 366 g/mol. The zero-order valence-corrected chi connectivity index (χ0v) is 16.5. The molecule has 1 unspecified atom stereocenters. The van der Waals surface area contributed by atoms with E-state index in [4.69, 9.17) is 15.6 Å². The third-order valence-corrected chi connectivity index (χ3v) is 5.78. The molecule has 1 aromatic carbocycles. The summed E-state index contributed by atoms with van der Waals surface area (Å²) in [5, 5.41) is 13.8. The zero-order valence-electron chi connectivity index (χ0n) is 16.5. The highest BCUT2D eigenvalue weighted by molar-refractivity contribution is 6.08. The van der Waals surface area contributed by atoms with Gasteiger partial charge in [0.15, 0.2) is 0 Å². The number of aromatic amines is 1. The number of hydrogen-bond donors (Lipinski definition) is 2. The number of likely N-dealkylation sites (tertiary alicyclic amines) is 1. The average Bonchev–Trinajstić information content (AvgIpc) is 3.43.